The second-order valence-corrected chi connectivity index (χ2v) is 5.05. The molecular weight excluding hydrogens is 250 g/mol. The van der Waals surface area contributed by atoms with Crippen molar-refractivity contribution in [3.05, 3.63) is 29.6 Å². The fraction of sp³-hybridized carbons (Fsp3) is 0.500. The van der Waals surface area contributed by atoms with Crippen LogP contribution in [-0.4, -0.2) is 34.9 Å². The van der Waals surface area contributed by atoms with Gasteiger partial charge in [0.25, 0.3) is 5.91 Å². The molecule has 0 spiro atoms. The number of carbonyl (C=O) groups excluding carboxylic acids is 1. The molecule has 4 heteroatoms. The van der Waals surface area contributed by atoms with Gasteiger partial charge in [0, 0.05) is 30.5 Å². The normalized spacial score (nSPS) is 13.5. The van der Waals surface area contributed by atoms with Crippen molar-refractivity contribution >= 4 is 5.91 Å². The van der Waals surface area contributed by atoms with Crippen LogP contribution in [0, 0.1) is 11.8 Å². The van der Waals surface area contributed by atoms with E-state index < -0.39 is 0 Å². The Kier molecular flexibility index (Phi) is 5.14. The maximum atomic E-state index is 12.6. The van der Waals surface area contributed by atoms with Gasteiger partial charge in [-0.1, -0.05) is 25.2 Å². The molecular formula is C16H21N3O. The van der Waals surface area contributed by atoms with Gasteiger partial charge in [-0.3, -0.25) is 9.78 Å². The van der Waals surface area contributed by atoms with Gasteiger partial charge in [-0.15, -0.1) is 0 Å². The van der Waals surface area contributed by atoms with Gasteiger partial charge in [0.1, 0.15) is 0 Å². The highest BCUT2D eigenvalue weighted by atomic mass is 16.2. The average Bonchev–Trinajstić information content (AvgIpc) is 3.30. The molecule has 4 nitrogen and oxygen atoms in total. The third-order valence-corrected chi connectivity index (χ3v) is 3.32. The van der Waals surface area contributed by atoms with Gasteiger partial charge in [-0.05, 0) is 25.3 Å². The summed E-state index contributed by atoms with van der Waals surface area (Å²) in [5.41, 5.74) is 6.72. The summed E-state index contributed by atoms with van der Waals surface area (Å²) in [7, 11) is 0. The van der Waals surface area contributed by atoms with Crippen molar-refractivity contribution in [2.45, 2.75) is 38.6 Å². The van der Waals surface area contributed by atoms with Crippen molar-refractivity contribution in [3.63, 3.8) is 0 Å². The molecule has 0 aliphatic heterocycles. The molecule has 1 aromatic rings. The second kappa shape index (κ2) is 7.06. The number of nitrogens with two attached hydrogens (primary N) is 1. The van der Waals surface area contributed by atoms with Crippen molar-refractivity contribution in [2.24, 2.45) is 5.73 Å². The lowest BCUT2D eigenvalue weighted by atomic mass is 10.1. The first kappa shape index (κ1) is 14.5. The standard InChI is InChI=1S/C16H21N3O/c1-2-3-9-19(15-6-7-15)16(20)14-10-13(5-4-8-17)11-18-12-14/h10-12,15H,2-3,6-9,17H2,1H3. The van der Waals surface area contributed by atoms with Crippen molar-refractivity contribution in [1.82, 2.24) is 9.88 Å². The third-order valence-electron chi connectivity index (χ3n) is 3.32. The predicted octanol–water partition coefficient (Wildman–Crippen LogP) is 1.80. The number of nitrogens with zero attached hydrogens (tertiary/aromatic N) is 2. The van der Waals surface area contributed by atoms with E-state index in [-0.39, 0.29) is 5.91 Å². The predicted molar refractivity (Wildman–Crippen MR) is 79.1 cm³/mol. The molecule has 0 aromatic carbocycles. The molecule has 1 amide bonds. The van der Waals surface area contributed by atoms with Crippen LogP contribution >= 0.6 is 0 Å². The Bertz CT molecular complexity index is 526. The number of hydrogen-bond donors (Lipinski definition) is 1. The van der Waals surface area contributed by atoms with Gasteiger partial charge >= 0.3 is 0 Å². The number of amides is 1. The third kappa shape index (κ3) is 3.82. The van der Waals surface area contributed by atoms with E-state index in [9.17, 15) is 4.79 Å². The molecule has 106 valence electrons. The number of carbonyl (C=O) groups is 1. The molecule has 0 atom stereocenters. The van der Waals surface area contributed by atoms with Crippen molar-refractivity contribution in [3.8, 4) is 11.8 Å². The van der Waals surface area contributed by atoms with Gasteiger partial charge < -0.3 is 10.6 Å². The van der Waals surface area contributed by atoms with E-state index in [1.807, 2.05) is 4.90 Å². The van der Waals surface area contributed by atoms with E-state index in [4.69, 9.17) is 5.73 Å². The molecule has 0 saturated heterocycles. The van der Waals surface area contributed by atoms with Crippen LogP contribution in [-0.2, 0) is 0 Å². The smallest absolute Gasteiger partial charge is 0.255 e. The minimum absolute atomic E-state index is 0.0739. The number of rotatable bonds is 5. The molecule has 1 aliphatic carbocycles. The molecule has 1 aromatic heterocycles. The number of unbranched alkanes of at least 4 members (excludes halogenated alkanes) is 1. The van der Waals surface area contributed by atoms with Gasteiger partial charge in [-0.2, -0.15) is 0 Å². The van der Waals surface area contributed by atoms with Gasteiger partial charge in [0.15, 0.2) is 0 Å². The first-order valence-corrected chi connectivity index (χ1v) is 7.21. The summed E-state index contributed by atoms with van der Waals surface area (Å²) in [6, 6.07) is 2.23. The van der Waals surface area contributed by atoms with Crippen LogP contribution in [0.2, 0.25) is 0 Å². The Balaban J connectivity index is 2.13. The molecule has 1 fully saturated rings. The van der Waals surface area contributed by atoms with Gasteiger partial charge in [0.05, 0.1) is 12.1 Å². The molecule has 1 heterocycles. The fourth-order valence-electron chi connectivity index (χ4n) is 2.11. The Morgan fingerprint density at radius 3 is 2.95 bits per heavy atom. The van der Waals surface area contributed by atoms with Gasteiger partial charge in [0.2, 0.25) is 0 Å². The SMILES string of the molecule is CCCCN(C(=O)c1cncc(C#CCN)c1)C1CC1. The number of hydrogen-bond acceptors (Lipinski definition) is 3. The molecule has 1 aliphatic rings. The van der Waals surface area contributed by atoms with Crippen molar-refractivity contribution in [1.29, 1.82) is 0 Å². The molecule has 0 radical (unpaired) electrons. The quantitative estimate of drug-likeness (QED) is 0.831. The summed E-state index contributed by atoms with van der Waals surface area (Å²) >= 11 is 0. The van der Waals surface area contributed by atoms with E-state index in [0.29, 0.717) is 18.2 Å². The molecule has 2 N–H and O–H groups in total. The summed E-state index contributed by atoms with van der Waals surface area (Å²) in [5.74, 6) is 5.77. The average molecular weight is 271 g/mol. The summed E-state index contributed by atoms with van der Waals surface area (Å²) in [6.45, 7) is 3.28. The van der Waals surface area contributed by atoms with Crippen molar-refractivity contribution in [2.75, 3.05) is 13.1 Å². The number of pyridine rings is 1. The summed E-state index contributed by atoms with van der Waals surface area (Å²) < 4.78 is 0. The topological polar surface area (TPSA) is 59.2 Å². The highest BCUT2D eigenvalue weighted by Crippen LogP contribution is 2.28. The molecule has 1 saturated carbocycles. The Morgan fingerprint density at radius 1 is 1.50 bits per heavy atom. The zero-order valence-corrected chi connectivity index (χ0v) is 11.9. The van der Waals surface area contributed by atoms with E-state index in [1.54, 1.807) is 18.5 Å². The van der Waals surface area contributed by atoms with Crippen LogP contribution in [0.5, 0.6) is 0 Å². The summed E-state index contributed by atoms with van der Waals surface area (Å²) in [4.78, 5) is 18.7. The maximum absolute atomic E-state index is 12.6. The summed E-state index contributed by atoms with van der Waals surface area (Å²) in [5, 5.41) is 0. The van der Waals surface area contributed by atoms with Crippen LogP contribution < -0.4 is 5.73 Å². The Labute approximate surface area is 120 Å². The monoisotopic (exact) mass is 271 g/mol. The number of aromatic nitrogens is 1. The van der Waals surface area contributed by atoms with Crippen LogP contribution in [0.3, 0.4) is 0 Å². The molecule has 2 rings (SSSR count). The minimum Gasteiger partial charge on any atom is -0.336 e. The van der Waals surface area contributed by atoms with E-state index in [0.717, 1.165) is 37.8 Å². The van der Waals surface area contributed by atoms with Crippen LogP contribution in [0.4, 0.5) is 0 Å². The zero-order chi connectivity index (χ0) is 14.4. The lowest BCUT2D eigenvalue weighted by Crippen LogP contribution is -2.34. The maximum Gasteiger partial charge on any atom is 0.255 e. The molecule has 0 unspecified atom stereocenters. The Hall–Kier alpha value is -1.86. The summed E-state index contributed by atoms with van der Waals surface area (Å²) in [6.07, 6.45) is 7.66. The fourth-order valence-corrected chi connectivity index (χ4v) is 2.11. The molecule has 20 heavy (non-hydrogen) atoms. The van der Waals surface area contributed by atoms with Gasteiger partial charge in [-0.25, -0.2) is 0 Å². The second-order valence-electron chi connectivity index (χ2n) is 5.05. The highest BCUT2D eigenvalue weighted by Gasteiger charge is 2.32. The lowest BCUT2D eigenvalue weighted by Gasteiger charge is -2.22. The minimum atomic E-state index is 0.0739. The first-order chi connectivity index (χ1) is 9.76. The van der Waals surface area contributed by atoms with Crippen LogP contribution in [0.15, 0.2) is 18.5 Å². The van der Waals surface area contributed by atoms with E-state index in [1.165, 1.54) is 0 Å². The lowest BCUT2D eigenvalue weighted by molar-refractivity contribution is 0.0740. The largest absolute Gasteiger partial charge is 0.336 e. The first-order valence-electron chi connectivity index (χ1n) is 7.21. The molecule has 0 bridgehead atoms. The van der Waals surface area contributed by atoms with Crippen LogP contribution in [0.1, 0.15) is 48.5 Å². The van der Waals surface area contributed by atoms with E-state index >= 15 is 0 Å². The zero-order valence-electron chi connectivity index (χ0n) is 11.9. The highest BCUT2D eigenvalue weighted by molar-refractivity contribution is 5.94. The Morgan fingerprint density at radius 2 is 2.30 bits per heavy atom. The van der Waals surface area contributed by atoms with E-state index in [2.05, 4.69) is 23.7 Å². The van der Waals surface area contributed by atoms with Crippen molar-refractivity contribution < 1.29 is 4.79 Å². The van der Waals surface area contributed by atoms with Crippen LogP contribution in [0.25, 0.3) is 0 Å².